The van der Waals surface area contributed by atoms with Crippen LogP contribution in [-0.2, 0) is 23.9 Å². The molecule has 0 atom stereocenters. The number of hydrogen-bond acceptors (Lipinski definition) is 8. The van der Waals surface area contributed by atoms with Crippen LogP contribution in [0.15, 0.2) is 17.7 Å². The summed E-state index contributed by atoms with van der Waals surface area (Å²) in [6, 6.07) is 0. The van der Waals surface area contributed by atoms with E-state index in [1.54, 1.807) is 6.08 Å². The van der Waals surface area contributed by atoms with E-state index in [2.05, 4.69) is 9.88 Å². The Bertz CT molecular complexity index is 846. The highest BCUT2D eigenvalue weighted by atomic mass is 35.5. The lowest BCUT2D eigenvalue weighted by molar-refractivity contribution is -0.159. The first kappa shape index (κ1) is 21.8. The zero-order valence-corrected chi connectivity index (χ0v) is 16.2. The lowest BCUT2D eigenvalue weighted by Crippen LogP contribution is -2.38. The van der Waals surface area contributed by atoms with Gasteiger partial charge in [0.15, 0.2) is 10.1 Å². The summed E-state index contributed by atoms with van der Waals surface area (Å²) in [5.74, 6) is -4.03. The summed E-state index contributed by atoms with van der Waals surface area (Å²) in [4.78, 5) is 37.1. The zero-order valence-electron chi connectivity index (χ0n) is 14.6. The number of carbonyl (C=O) groups is 3. The van der Waals surface area contributed by atoms with Gasteiger partial charge in [0.05, 0.1) is 18.9 Å². The van der Waals surface area contributed by atoms with Crippen molar-refractivity contribution in [3.63, 3.8) is 0 Å². The lowest BCUT2D eigenvalue weighted by atomic mass is 10.4. The molecule has 1 aliphatic heterocycles. The third-order valence-corrected chi connectivity index (χ3v) is 4.60. The number of hydrogen-bond donors (Lipinski definition) is 2. The maximum atomic E-state index is 11.7. The van der Waals surface area contributed by atoms with Crippen molar-refractivity contribution in [2.45, 2.75) is 0 Å². The number of carbonyl (C=O) groups excluding carboxylic acids is 1. The third-order valence-electron chi connectivity index (χ3n) is 3.57. The normalized spacial score (nSPS) is 14.6. The molecule has 10 nitrogen and oxygen atoms in total. The van der Waals surface area contributed by atoms with E-state index in [1.165, 1.54) is 17.4 Å². The van der Waals surface area contributed by atoms with Gasteiger partial charge in [0.2, 0.25) is 0 Å². The zero-order chi connectivity index (χ0) is 20.5. The lowest BCUT2D eigenvalue weighted by Gasteiger charge is -2.25. The van der Waals surface area contributed by atoms with Crippen LogP contribution in [0, 0.1) is 0 Å². The Morgan fingerprint density at radius 3 is 2.61 bits per heavy atom. The second-order valence-corrected chi connectivity index (χ2v) is 6.64. The maximum absolute atomic E-state index is 11.7. The number of halogens is 1. The minimum absolute atomic E-state index is 0.372. The van der Waals surface area contributed by atoms with Crippen molar-refractivity contribution >= 4 is 51.9 Å². The first-order chi connectivity index (χ1) is 13.4. The van der Waals surface area contributed by atoms with Gasteiger partial charge in [-0.05, 0) is 6.08 Å². The summed E-state index contributed by atoms with van der Waals surface area (Å²) in [5.41, 5.74) is 0.683. The van der Waals surface area contributed by atoms with Crippen molar-refractivity contribution in [3.8, 4) is 0 Å². The average Bonchev–Trinajstić information content (AvgIpc) is 3.22. The van der Waals surface area contributed by atoms with Crippen molar-refractivity contribution in [2.24, 2.45) is 0 Å². The van der Waals surface area contributed by atoms with Crippen LogP contribution in [0.5, 0.6) is 0 Å². The number of aliphatic carboxylic acids is 2. The van der Waals surface area contributed by atoms with Gasteiger partial charge in [0.1, 0.15) is 6.61 Å². The molecule has 3 heterocycles. The smallest absolute Gasteiger partial charge is 0.414 e. The van der Waals surface area contributed by atoms with Crippen molar-refractivity contribution in [2.75, 3.05) is 39.5 Å². The van der Waals surface area contributed by atoms with Crippen LogP contribution in [0.3, 0.4) is 0 Å². The van der Waals surface area contributed by atoms with Crippen LogP contribution in [0.2, 0.25) is 5.15 Å². The predicted molar refractivity (Wildman–Crippen MR) is 101 cm³/mol. The van der Waals surface area contributed by atoms with E-state index >= 15 is 0 Å². The number of nitrogens with zero attached hydrogens (tertiary/aromatic N) is 3. The number of rotatable bonds is 5. The minimum Gasteiger partial charge on any atom is -0.473 e. The third kappa shape index (κ3) is 6.60. The Kier molecular flexibility index (Phi) is 8.39. The number of aromatic nitrogens is 2. The molecule has 1 saturated heterocycles. The van der Waals surface area contributed by atoms with Gasteiger partial charge in [0, 0.05) is 37.3 Å². The summed E-state index contributed by atoms with van der Waals surface area (Å²) in [5, 5.41) is 17.1. The number of morpholine rings is 1. The summed E-state index contributed by atoms with van der Waals surface area (Å²) >= 11 is 7.54. The Hall–Kier alpha value is -2.47. The topological polar surface area (TPSA) is 131 Å². The van der Waals surface area contributed by atoms with E-state index in [9.17, 15) is 4.79 Å². The van der Waals surface area contributed by atoms with Gasteiger partial charge >= 0.3 is 17.9 Å². The number of carboxylic acids is 2. The highest BCUT2D eigenvalue weighted by molar-refractivity contribution is 7.15. The molecule has 152 valence electrons. The molecule has 2 N–H and O–H groups in total. The number of imidazole rings is 1. The monoisotopic (exact) mass is 431 g/mol. The van der Waals surface area contributed by atoms with Crippen LogP contribution in [-0.4, -0.2) is 81.9 Å². The van der Waals surface area contributed by atoms with Gasteiger partial charge in [0.25, 0.3) is 0 Å². The van der Waals surface area contributed by atoms with Crippen LogP contribution in [0.1, 0.15) is 5.69 Å². The molecule has 0 amide bonds. The Balaban J connectivity index is 0.000000409. The molecule has 3 rings (SSSR count). The average molecular weight is 432 g/mol. The Morgan fingerprint density at radius 1 is 1.29 bits per heavy atom. The van der Waals surface area contributed by atoms with Gasteiger partial charge < -0.3 is 19.7 Å². The highest BCUT2D eigenvalue weighted by Crippen LogP contribution is 2.22. The van der Waals surface area contributed by atoms with Crippen LogP contribution in [0.4, 0.5) is 0 Å². The summed E-state index contributed by atoms with van der Waals surface area (Å²) in [6.45, 7) is 4.35. The molecule has 1 fully saturated rings. The number of fused-ring (bicyclic) bond motifs is 1. The number of ether oxygens (including phenoxy) is 2. The van der Waals surface area contributed by atoms with Crippen molar-refractivity contribution in [1.82, 2.24) is 14.3 Å². The molecule has 12 heteroatoms. The number of carboxylic acid groups (broad SMARTS) is 2. The first-order valence-electron chi connectivity index (χ1n) is 8.10. The van der Waals surface area contributed by atoms with Crippen molar-refractivity contribution in [3.05, 3.63) is 28.5 Å². The molecule has 0 saturated carbocycles. The molecule has 2 aromatic heterocycles. The summed E-state index contributed by atoms with van der Waals surface area (Å²) in [6.07, 6.45) is 4.88. The summed E-state index contributed by atoms with van der Waals surface area (Å²) in [7, 11) is 0. The SMILES string of the molecule is O=C(C=Cc1c(Cl)nc2sccn12)OCCN1CCOCC1.O=C(O)C(=O)O. The second kappa shape index (κ2) is 10.8. The van der Waals surface area contributed by atoms with Crippen LogP contribution >= 0.6 is 22.9 Å². The van der Waals surface area contributed by atoms with E-state index in [0.717, 1.165) is 37.8 Å². The van der Waals surface area contributed by atoms with Gasteiger partial charge in [-0.15, -0.1) is 11.3 Å². The predicted octanol–water partition coefficient (Wildman–Crippen LogP) is 1.09. The minimum atomic E-state index is -1.82. The molecule has 0 aliphatic carbocycles. The van der Waals surface area contributed by atoms with E-state index in [1.807, 2.05) is 16.0 Å². The van der Waals surface area contributed by atoms with Crippen LogP contribution in [0.25, 0.3) is 11.0 Å². The largest absolute Gasteiger partial charge is 0.473 e. The Labute approximate surface area is 168 Å². The summed E-state index contributed by atoms with van der Waals surface area (Å²) < 4.78 is 12.3. The fourth-order valence-corrected chi connectivity index (χ4v) is 3.23. The molecular weight excluding hydrogens is 414 g/mol. The fraction of sp³-hybridized carbons (Fsp3) is 0.375. The maximum Gasteiger partial charge on any atom is 0.414 e. The van der Waals surface area contributed by atoms with Gasteiger partial charge in [-0.3, -0.25) is 9.30 Å². The van der Waals surface area contributed by atoms with Gasteiger partial charge in [-0.2, -0.15) is 0 Å². The van der Waals surface area contributed by atoms with Crippen LogP contribution < -0.4 is 0 Å². The molecule has 28 heavy (non-hydrogen) atoms. The first-order valence-corrected chi connectivity index (χ1v) is 9.36. The quantitative estimate of drug-likeness (QED) is 0.405. The van der Waals surface area contributed by atoms with E-state index < -0.39 is 11.9 Å². The van der Waals surface area contributed by atoms with E-state index in [4.69, 9.17) is 40.9 Å². The van der Waals surface area contributed by atoms with E-state index in [-0.39, 0.29) is 5.97 Å². The second-order valence-electron chi connectivity index (χ2n) is 5.41. The van der Waals surface area contributed by atoms with Gasteiger partial charge in [-0.1, -0.05) is 11.6 Å². The molecule has 1 aliphatic rings. The van der Waals surface area contributed by atoms with Crippen molar-refractivity contribution < 1.29 is 34.1 Å². The Morgan fingerprint density at radius 2 is 1.96 bits per heavy atom. The molecule has 0 bridgehead atoms. The van der Waals surface area contributed by atoms with Gasteiger partial charge in [-0.25, -0.2) is 19.4 Å². The molecular formula is C16H18ClN3O7S. The molecule has 2 aromatic rings. The standard InChI is InChI=1S/C14H16ClN3O3S.C2H2O4/c15-13-11(18-6-10-22-14(18)16-13)1-2-12(19)21-9-5-17-3-7-20-8-4-17;3-1(4)2(5)6/h1-2,6,10H,3-5,7-9H2;(H,3,4)(H,5,6). The molecule has 0 unspecified atom stereocenters. The van der Waals surface area contributed by atoms with Crippen molar-refractivity contribution in [1.29, 1.82) is 0 Å². The molecule has 0 aromatic carbocycles. The highest BCUT2D eigenvalue weighted by Gasteiger charge is 2.11. The fourth-order valence-electron chi connectivity index (χ4n) is 2.22. The molecule has 0 spiro atoms. The van der Waals surface area contributed by atoms with E-state index in [0.29, 0.717) is 17.5 Å². The number of esters is 1. The number of thiazole rings is 1. The molecule has 0 radical (unpaired) electrons.